The molecular formula is C14H19F3N4. The van der Waals surface area contributed by atoms with Gasteiger partial charge in [0.25, 0.3) is 0 Å². The van der Waals surface area contributed by atoms with Crippen LogP contribution in [0.25, 0.3) is 0 Å². The zero-order valence-corrected chi connectivity index (χ0v) is 11.7. The smallest absolute Gasteiger partial charge is 0.384 e. The lowest BCUT2D eigenvalue weighted by molar-refractivity contribution is -0.149. The lowest BCUT2D eigenvalue weighted by Gasteiger charge is -2.35. The topological polar surface area (TPSA) is 56.4 Å². The largest absolute Gasteiger partial charge is 0.401 e. The van der Waals surface area contributed by atoms with Crippen LogP contribution >= 0.6 is 0 Å². The van der Waals surface area contributed by atoms with Gasteiger partial charge in [0, 0.05) is 38.3 Å². The van der Waals surface area contributed by atoms with Gasteiger partial charge in [-0.2, -0.15) is 13.2 Å². The molecule has 1 aliphatic heterocycles. The first kappa shape index (κ1) is 15.8. The summed E-state index contributed by atoms with van der Waals surface area (Å²) < 4.78 is 37.0. The third kappa shape index (κ3) is 4.71. The Morgan fingerprint density at radius 1 is 1.10 bits per heavy atom. The van der Waals surface area contributed by atoms with Crippen molar-refractivity contribution < 1.29 is 13.2 Å². The number of nitrogens with zero attached hydrogens (tertiary/aromatic N) is 2. The summed E-state index contributed by atoms with van der Waals surface area (Å²) in [6.45, 7) is 1.74. The molecule has 0 atom stereocenters. The molecule has 4 nitrogen and oxygen atoms in total. The molecule has 1 saturated heterocycles. The van der Waals surface area contributed by atoms with Crippen LogP contribution in [0, 0.1) is 5.41 Å². The highest BCUT2D eigenvalue weighted by Crippen LogP contribution is 2.18. The molecule has 1 heterocycles. The van der Waals surface area contributed by atoms with Crippen LogP contribution in [0.1, 0.15) is 11.1 Å². The number of nitrogen functional groups attached to an aromatic ring is 1. The van der Waals surface area contributed by atoms with Crippen LogP contribution in [0.3, 0.4) is 0 Å². The molecule has 0 spiro atoms. The predicted octanol–water partition coefficient (Wildman–Crippen LogP) is 1.65. The van der Waals surface area contributed by atoms with Crippen molar-refractivity contribution in [3.05, 3.63) is 35.4 Å². The minimum atomic E-state index is -4.14. The second-order valence-corrected chi connectivity index (χ2v) is 5.24. The molecule has 0 aromatic heterocycles. The van der Waals surface area contributed by atoms with Gasteiger partial charge < -0.3 is 5.73 Å². The molecule has 3 N–H and O–H groups in total. The molecule has 0 aliphatic carbocycles. The van der Waals surface area contributed by atoms with Gasteiger partial charge in [0.1, 0.15) is 5.84 Å². The highest BCUT2D eigenvalue weighted by Gasteiger charge is 2.32. The van der Waals surface area contributed by atoms with Crippen molar-refractivity contribution >= 4 is 5.84 Å². The summed E-state index contributed by atoms with van der Waals surface area (Å²) >= 11 is 0. The fraction of sp³-hybridized carbons (Fsp3) is 0.500. The summed E-state index contributed by atoms with van der Waals surface area (Å²) in [5, 5.41) is 7.55. The van der Waals surface area contributed by atoms with Gasteiger partial charge in [-0.3, -0.25) is 15.2 Å². The molecule has 0 unspecified atom stereocenters. The minimum absolute atomic E-state index is 0.0151. The van der Waals surface area contributed by atoms with Crippen molar-refractivity contribution in [3.63, 3.8) is 0 Å². The molecular weight excluding hydrogens is 281 g/mol. The summed E-state index contributed by atoms with van der Waals surface area (Å²) in [7, 11) is 0. The molecule has 1 aromatic rings. The van der Waals surface area contributed by atoms with Crippen LogP contribution < -0.4 is 5.73 Å². The van der Waals surface area contributed by atoms with Crippen LogP contribution in [0.15, 0.2) is 24.3 Å². The van der Waals surface area contributed by atoms with Gasteiger partial charge in [0.05, 0.1) is 6.54 Å². The normalized spacial score (nSPS) is 17.9. The summed E-state index contributed by atoms with van der Waals surface area (Å²) in [5.74, 6) is 0.0151. The Kier molecular flexibility index (Phi) is 4.84. The number of benzene rings is 1. The van der Waals surface area contributed by atoms with Crippen LogP contribution in [0.4, 0.5) is 13.2 Å². The van der Waals surface area contributed by atoms with Gasteiger partial charge in [-0.25, -0.2) is 0 Å². The highest BCUT2D eigenvalue weighted by molar-refractivity contribution is 5.96. The lowest BCUT2D eigenvalue weighted by atomic mass is 10.1. The Labute approximate surface area is 121 Å². The number of halogens is 3. The van der Waals surface area contributed by atoms with Gasteiger partial charge in [-0.05, 0) is 5.56 Å². The minimum Gasteiger partial charge on any atom is -0.384 e. The van der Waals surface area contributed by atoms with Crippen LogP contribution in [-0.2, 0) is 6.54 Å². The van der Waals surface area contributed by atoms with E-state index in [1.165, 1.54) is 4.90 Å². The van der Waals surface area contributed by atoms with Crippen molar-refractivity contribution in [2.75, 3.05) is 32.7 Å². The van der Waals surface area contributed by atoms with E-state index in [-0.39, 0.29) is 5.84 Å². The molecule has 1 aromatic carbocycles. The fourth-order valence-electron chi connectivity index (χ4n) is 2.52. The fourth-order valence-corrected chi connectivity index (χ4v) is 2.52. The number of alkyl halides is 3. The third-order valence-electron chi connectivity index (χ3n) is 3.57. The average Bonchev–Trinajstić information content (AvgIpc) is 2.40. The molecule has 2 rings (SSSR count). The Hall–Kier alpha value is -1.60. The van der Waals surface area contributed by atoms with Gasteiger partial charge in [-0.1, -0.05) is 24.3 Å². The standard InChI is InChI=1S/C14H19F3N4/c15-14(16,17)10-21-7-5-20(6-8-21)9-11-3-1-2-4-12(11)13(18)19/h1-4H,5-10H2,(H3,18,19). The second-order valence-electron chi connectivity index (χ2n) is 5.24. The number of nitrogens with one attached hydrogen (secondary N) is 1. The summed E-state index contributed by atoms with van der Waals surface area (Å²) in [4.78, 5) is 3.52. The van der Waals surface area contributed by atoms with Crippen molar-refractivity contribution in [1.29, 1.82) is 5.41 Å². The summed E-state index contributed by atoms with van der Waals surface area (Å²) in [6.07, 6.45) is -4.14. The van der Waals surface area contributed by atoms with Gasteiger partial charge in [0.2, 0.25) is 0 Å². The number of hydrogen-bond donors (Lipinski definition) is 2. The second kappa shape index (κ2) is 6.44. The van der Waals surface area contributed by atoms with E-state index < -0.39 is 12.7 Å². The molecule has 7 heteroatoms. The van der Waals surface area contributed by atoms with Crippen molar-refractivity contribution in [2.45, 2.75) is 12.7 Å². The Balaban J connectivity index is 1.91. The number of nitrogens with two attached hydrogens (primary N) is 1. The van der Waals surface area contributed by atoms with Crippen molar-refractivity contribution in [1.82, 2.24) is 9.80 Å². The molecule has 0 bridgehead atoms. The zero-order chi connectivity index (χ0) is 15.5. The summed E-state index contributed by atoms with van der Waals surface area (Å²) in [6, 6.07) is 7.39. The van der Waals surface area contributed by atoms with E-state index in [0.717, 1.165) is 5.56 Å². The SMILES string of the molecule is N=C(N)c1ccccc1CN1CCN(CC(F)(F)F)CC1. The van der Waals surface area contributed by atoms with E-state index >= 15 is 0 Å². The number of hydrogen-bond acceptors (Lipinski definition) is 3. The quantitative estimate of drug-likeness (QED) is 0.657. The van der Waals surface area contributed by atoms with Crippen LogP contribution in [-0.4, -0.2) is 54.5 Å². The maximum Gasteiger partial charge on any atom is 0.401 e. The Morgan fingerprint density at radius 2 is 1.67 bits per heavy atom. The molecule has 0 saturated carbocycles. The third-order valence-corrected chi connectivity index (χ3v) is 3.57. The molecule has 1 fully saturated rings. The first-order chi connectivity index (χ1) is 9.85. The Morgan fingerprint density at radius 3 is 2.24 bits per heavy atom. The first-order valence-electron chi connectivity index (χ1n) is 6.79. The lowest BCUT2D eigenvalue weighted by Crippen LogP contribution is -2.48. The van der Waals surface area contributed by atoms with E-state index in [2.05, 4.69) is 4.90 Å². The van der Waals surface area contributed by atoms with Crippen LogP contribution in [0.2, 0.25) is 0 Å². The number of amidine groups is 1. The predicted molar refractivity (Wildman–Crippen MR) is 75.2 cm³/mol. The zero-order valence-electron chi connectivity index (χ0n) is 11.7. The van der Waals surface area contributed by atoms with E-state index in [0.29, 0.717) is 38.3 Å². The number of rotatable bonds is 4. The molecule has 116 valence electrons. The van der Waals surface area contributed by atoms with Gasteiger partial charge >= 0.3 is 6.18 Å². The van der Waals surface area contributed by atoms with E-state index in [9.17, 15) is 13.2 Å². The maximum absolute atomic E-state index is 12.3. The highest BCUT2D eigenvalue weighted by atomic mass is 19.4. The molecule has 0 amide bonds. The average molecular weight is 300 g/mol. The number of piperazine rings is 1. The van der Waals surface area contributed by atoms with Gasteiger partial charge in [0.15, 0.2) is 0 Å². The summed E-state index contributed by atoms with van der Waals surface area (Å²) in [5.41, 5.74) is 7.17. The monoisotopic (exact) mass is 300 g/mol. The van der Waals surface area contributed by atoms with Crippen LogP contribution in [0.5, 0.6) is 0 Å². The van der Waals surface area contributed by atoms with E-state index in [1.54, 1.807) is 6.07 Å². The van der Waals surface area contributed by atoms with Crippen molar-refractivity contribution in [2.24, 2.45) is 5.73 Å². The first-order valence-corrected chi connectivity index (χ1v) is 6.79. The molecule has 1 aliphatic rings. The molecule has 21 heavy (non-hydrogen) atoms. The molecule has 0 radical (unpaired) electrons. The van der Waals surface area contributed by atoms with Crippen molar-refractivity contribution in [3.8, 4) is 0 Å². The Bertz CT molecular complexity index is 493. The van der Waals surface area contributed by atoms with E-state index in [4.69, 9.17) is 11.1 Å². The van der Waals surface area contributed by atoms with Gasteiger partial charge in [-0.15, -0.1) is 0 Å². The maximum atomic E-state index is 12.3. The van der Waals surface area contributed by atoms with E-state index in [1.807, 2.05) is 18.2 Å².